The monoisotopic (exact) mass is 500 g/mol. The third-order valence-corrected chi connectivity index (χ3v) is 8.82. The molecule has 0 aliphatic carbocycles. The lowest BCUT2D eigenvalue weighted by Gasteiger charge is -2.52. The number of amides is 2. The van der Waals surface area contributed by atoms with Gasteiger partial charge in [-0.3, -0.25) is 19.2 Å². The molecule has 1 N–H and O–H groups in total. The number of unbranched alkanes of at least 4 members (excludes halogenated alkanes) is 1. The van der Waals surface area contributed by atoms with Gasteiger partial charge in [0.05, 0.1) is 11.7 Å². The lowest BCUT2D eigenvalue weighted by atomic mass is 9.80. The van der Waals surface area contributed by atoms with Crippen molar-refractivity contribution in [3.05, 3.63) is 17.0 Å². The number of aromatic nitrogens is 2. The van der Waals surface area contributed by atoms with Gasteiger partial charge in [0.25, 0.3) is 0 Å². The SMILES string of the molecule is CCCCN1C(=O)[C@H](CC(C)C)NC(=O)C12CCN(Cc1c(C)nn(C3CCN(C)CC3)c1C)CC2. The first-order valence-electron chi connectivity index (χ1n) is 14.2. The van der Waals surface area contributed by atoms with E-state index in [-0.39, 0.29) is 17.9 Å². The average molecular weight is 501 g/mol. The third-order valence-electron chi connectivity index (χ3n) is 8.82. The van der Waals surface area contributed by atoms with E-state index in [1.807, 2.05) is 4.90 Å². The molecule has 3 fully saturated rings. The molecule has 0 unspecified atom stereocenters. The maximum absolute atomic E-state index is 13.5. The second-order valence-corrected chi connectivity index (χ2v) is 11.9. The van der Waals surface area contributed by atoms with Crippen LogP contribution in [0.25, 0.3) is 0 Å². The molecule has 3 aliphatic rings. The highest BCUT2D eigenvalue weighted by Gasteiger charge is 2.53. The second kappa shape index (κ2) is 11.2. The minimum absolute atomic E-state index is 0.0611. The Morgan fingerprint density at radius 1 is 1.08 bits per heavy atom. The molecule has 1 aromatic rings. The molecule has 1 aromatic heterocycles. The number of rotatable bonds is 8. The van der Waals surface area contributed by atoms with E-state index in [0.717, 1.165) is 64.1 Å². The maximum Gasteiger partial charge on any atom is 0.246 e. The largest absolute Gasteiger partial charge is 0.342 e. The van der Waals surface area contributed by atoms with Crippen LogP contribution in [-0.2, 0) is 16.1 Å². The van der Waals surface area contributed by atoms with Gasteiger partial charge in [-0.15, -0.1) is 0 Å². The molecular formula is C28H48N6O2. The lowest BCUT2D eigenvalue weighted by Crippen LogP contribution is -2.73. The number of hydrogen-bond acceptors (Lipinski definition) is 5. The van der Waals surface area contributed by atoms with Crippen molar-refractivity contribution in [3.8, 4) is 0 Å². The zero-order chi connectivity index (χ0) is 26.0. The highest BCUT2D eigenvalue weighted by atomic mass is 16.2. The number of piperazine rings is 1. The van der Waals surface area contributed by atoms with Crippen molar-refractivity contribution in [1.82, 2.24) is 29.8 Å². The molecule has 8 heteroatoms. The maximum atomic E-state index is 13.5. The number of aryl methyl sites for hydroxylation is 1. The van der Waals surface area contributed by atoms with Gasteiger partial charge < -0.3 is 15.1 Å². The van der Waals surface area contributed by atoms with Crippen molar-refractivity contribution < 1.29 is 9.59 Å². The summed E-state index contributed by atoms with van der Waals surface area (Å²) in [5, 5.41) is 8.09. The van der Waals surface area contributed by atoms with Crippen molar-refractivity contribution >= 4 is 11.8 Å². The molecule has 36 heavy (non-hydrogen) atoms. The van der Waals surface area contributed by atoms with E-state index < -0.39 is 5.54 Å². The van der Waals surface area contributed by atoms with Crippen LogP contribution in [0.4, 0.5) is 0 Å². The summed E-state index contributed by atoms with van der Waals surface area (Å²) in [6.07, 6.45) is 6.36. The zero-order valence-electron chi connectivity index (χ0n) is 23.5. The van der Waals surface area contributed by atoms with Crippen molar-refractivity contribution in [3.63, 3.8) is 0 Å². The van der Waals surface area contributed by atoms with Gasteiger partial charge >= 0.3 is 0 Å². The third kappa shape index (κ3) is 5.35. The molecule has 202 valence electrons. The fourth-order valence-corrected chi connectivity index (χ4v) is 6.47. The van der Waals surface area contributed by atoms with E-state index >= 15 is 0 Å². The van der Waals surface area contributed by atoms with E-state index in [0.29, 0.717) is 37.8 Å². The molecule has 0 aromatic carbocycles. The number of nitrogens with one attached hydrogen (secondary N) is 1. The Bertz CT molecular complexity index is 925. The van der Waals surface area contributed by atoms with Gasteiger partial charge in [-0.2, -0.15) is 5.10 Å². The van der Waals surface area contributed by atoms with Crippen molar-refractivity contribution in [2.75, 3.05) is 39.8 Å². The normalized spacial score (nSPS) is 24.2. The summed E-state index contributed by atoms with van der Waals surface area (Å²) < 4.78 is 2.28. The first-order valence-corrected chi connectivity index (χ1v) is 14.2. The molecule has 1 atom stereocenters. The smallest absolute Gasteiger partial charge is 0.246 e. The number of carbonyl (C=O) groups excluding carboxylic acids is 2. The minimum Gasteiger partial charge on any atom is -0.342 e. The molecule has 0 bridgehead atoms. The Hall–Kier alpha value is -1.93. The van der Waals surface area contributed by atoms with Crippen LogP contribution >= 0.6 is 0 Å². The Morgan fingerprint density at radius 2 is 1.75 bits per heavy atom. The van der Waals surface area contributed by atoms with Crippen molar-refractivity contribution in [1.29, 1.82) is 0 Å². The van der Waals surface area contributed by atoms with Gasteiger partial charge in [0.1, 0.15) is 11.6 Å². The first-order chi connectivity index (χ1) is 17.2. The summed E-state index contributed by atoms with van der Waals surface area (Å²) in [5.74, 6) is 0.548. The molecular weight excluding hydrogens is 452 g/mol. The molecule has 3 saturated heterocycles. The summed E-state index contributed by atoms with van der Waals surface area (Å²) in [4.78, 5) is 33.8. The average Bonchev–Trinajstić information content (AvgIpc) is 3.12. The van der Waals surface area contributed by atoms with Crippen LogP contribution in [0.1, 0.15) is 88.7 Å². The van der Waals surface area contributed by atoms with E-state index in [1.54, 1.807) is 0 Å². The molecule has 8 nitrogen and oxygen atoms in total. The number of piperidine rings is 2. The number of nitrogens with zero attached hydrogens (tertiary/aromatic N) is 5. The number of carbonyl (C=O) groups is 2. The minimum atomic E-state index is -0.696. The van der Waals surface area contributed by atoms with Crippen LogP contribution < -0.4 is 5.32 Å². The highest BCUT2D eigenvalue weighted by Crippen LogP contribution is 2.35. The zero-order valence-corrected chi connectivity index (χ0v) is 23.5. The predicted molar refractivity (Wildman–Crippen MR) is 143 cm³/mol. The van der Waals surface area contributed by atoms with E-state index in [4.69, 9.17) is 5.10 Å². The fraction of sp³-hybridized carbons (Fsp3) is 0.821. The van der Waals surface area contributed by atoms with Gasteiger partial charge in [0.15, 0.2) is 0 Å². The highest BCUT2D eigenvalue weighted by molar-refractivity contribution is 6.00. The molecule has 0 radical (unpaired) electrons. The number of likely N-dealkylation sites (tertiary alicyclic amines) is 2. The second-order valence-electron chi connectivity index (χ2n) is 11.9. The Balaban J connectivity index is 1.45. The molecule has 1 spiro atoms. The molecule has 0 saturated carbocycles. The molecule has 3 aliphatic heterocycles. The summed E-state index contributed by atoms with van der Waals surface area (Å²) >= 11 is 0. The Morgan fingerprint density at radius 3 is 2.36 bits per heavy atom. The quantitative estimate of drug-likeness (QED) is 0.593. The van der Waals surface area contributed by atoms with Crippen LogP contribution in [0.5, 0.6) is 0 Å². The Labute approximate surface area is 217 Å². The predicted octanol–water partition coefficient (Wildman–Crippen LogP) is 3.27. The fourth-order valence-electron chi connectivity index (χ4n) is 6.47. The first kappa shape index (κ1) is 27.1. The van der Waals surface area contributed by atoms with Crippen LogP contribution in [0.2, 0.25) is 0 Å². The van der Waals surface area contributed by atoms with Crippen LogP contribution in [0, 0.1) is 19.8 Å². The van der Waals surface area contributed by atoms with Gasteiger partial charge in [-0.05, 0) is 78.4 Å². The van der Waals surface area contributed by atoms with Crippen LogP contribution in [0.3, 0.4) is 0 Å². The van der Waals surface area contributed by atoms with Crippen LogP contribution in [-0.4, -0.2) is 87.6 Å². The van der Waals surface area contributed by atoms with Gasteiger partial charge in [-0.1, -0.05) is 27.2 Å². The van der Waals surface area contributed by atoms with Crippen molar-refractivity contribution in [2.24, 2.45) is 5.92 Å². The van der Waals surface area contributed by atoms with E-state index in [2.05, 4.69) is 61.5 Å². The molecule has 2 amide bonds. The number of hydrogen-bond donors (Lipinski definition) is 1. The van der Waals surface area contributed by atoms with E-state index in [1.165, 1.54) is 11.3 Å². The summed E-state index contributed by atoms with van der Waals surface area (Å²) in [7, 11) is 2.19. The van der Waals surface area contributed by atoms with Gasteiger partial charge in [0.2, 0.25) is 11.8 Å². The lowest BCUT2D eigenvalue weighted by molar-refractivity contribution is -0.161. The van der Waals surface area contributed by atoms with Gasteiger partial charge in [0, 0.05) is 37.4 Å². The molecule has 4 heterocycles. The summed E-state index contributed by atoms with van der Waals surface area (Å²) in [5.41, 5.74) is 3.04. The van der Waals surface area contributed by atoms with E-state index in [9.17, 15) is 9.59 Å². The standard InChI is InChI=1S/C28H48N6O2/c1-7-8-13-33-26(35)25(18-20(2)3)29-27(36)28(33)11-16-32(17-12-28)19-24-21(4)30-34(22(24)5)23-9-14-31(6)15-10-23/h20,23,25H,7-19H2,1-6H3,(H,29,36)/t25-/m0/s1. The van der Waals surface area contributed by atoms with Gasteiger partial charge in [-0.25, -0.2) is 0 Å². The van der Waals surface area contributed by atoms with Crippen LogP contribution in [0.15, 0.2) is 0 Å². The Kier molecular flexibility index (Phi) is 8.45. The topological polar surface area (TPSA) is 73.7 Å². The summed E-state index contributed by atoms with van der Waals surface area (Å²) in [6, 6.07) is 0.106. The molecule has 4 rings (SSSR count). The van der Waals surface area contributed by atoms with Crippen molar-refractivity contribution in [2.45, 2.75) is 104 Å². The summed E-state index contributed by atoms with van der Waals surface area (Å²) in [6.45, 7) is 16.1.